The SMILES string of the molecule is CCCCOc1cccc(-c2nnc(NC(=O)Nc3ccc(Cl)c(Cl)c3)s2)c1. The van der Waals surface area contributed by atoms with Crippen molar-refractivity contribution in [2.75, 3.05) is 17.2 Å². The Balaban J connectivity index is 1.62. The van der Waals surface area contributed by atoms with Gasteiger partial charge in [0.15, 0.2) is 0 Å². The number of nitrogens with one attached hydrogen (secondary N) is 2. The molecule has 3 aromatic rings. The van der Waals surface area contributed by atoms with Gasteiger partial charge in [-0.3, -0.25) is 5.32 Å². The summed E-state index contributed by atoms with van der Waals surface area (Å²) in [6, 6.07) is 12.0. The highest BCUT2D eigenvalue weighted by Crippen LogP contribution is 2.29. The highest BCUT2D eigenvalue weighted by molar-refractivity contribution is 7.18. The van der Waals surface area contributed by atoms with Crippen molar-refractivity contribution in [2.24, 2.45) is 0 Å². The molecule has 2 aromatic carbocycles. The van der Waals surface area contributed by atoms with Crippen LogP contribution in [0.25, 0.3) is 10.6 Å². The van der Waals surface area contributed by atoms with Gasteiger partial charge in [-0.1, -0.05) is 60.0 Å². The van der Waals surface area contributed by atoms with Crippen molar-refractivity contribution in [2.45, 2.75) is 19.8 Å². The number of ether oxygens (including phenoxy) is 1. The fraction of sp³-hybridized carbons (Fsp3) is 0.211. The number of halogens is 2. The van der Waals surface area contributed by atoms with Crippen molar-refractivity contribution in [3.63, 3.8) is 0 Å². The highest BCUT2D eigenvalue weighted by atomic mass is 35.5. The summed E-state index contributed by atoms with van der Waals surface area (Å²) in [5, 5.41) is 15.3. The summed E-state index contributed by atoms with van der Waals surface area (Å²) in [5.74, 6) is 0.785. The molecule has 1 aromatic heterocycles. The smallest absolute Gasteiger partial charge is 0.325 e. The molecule has 0 unspecified atom stereocenters. The van der Waals surface area contributed by atoms with Gasteiger partial charge in [0.1, 0.15) is 10.8 Å². The van der Waals surface area contributed by atoms with E-state index in [1.807, 2.05) is 24.3 Å². The van der Waals surface area contributed by atoms with Crippen molar-refractivity contribution in [1.82, 2.24) is 10.2 Å². The van der Waals surface area contributed by atoms with E-state index in [9.17, 15) is 4.79 Å². The largest absolute Gasteiger partial charge is 0.494 e. The molecule has 0 aliphatic carbocycles. The van der Waals surface area contributed by atoms with Gasteiger partial charge >= 0.3 is 6.03 Å². The molecule has 0 radical (unpaired) electrons. The number of urea groups is 1. The molecule has 0 aliphatic rings. The predicted octanol–water partition coefficient (Wildman–Crippen LogP) is 6.33. The van der Waals surface area contributed by atoms with E-state index in [0.717, 1.165) is 24.2 Å². The number of nitrogens with zero attached hydrogens (tertiary/aromatic N) is 2. The Kier molecular flexibility index (Phi) is 7.08. The minimum absolute atomic E-state index is 0.360. The first-order valence-electron chi connectivity index (χ1n) is 8.65. The first-order valence-corrected chi connectivity index (χ1v) is 10.2. The van der Waals surface area contributed by atoms with Crippen molar-refractivity contribution in [3.05, 3.63) is 52.5 Å². The molecular weight excluding hydrogens is 419 g/mol. The Labute approximate surface area is 176 Å². The van der Waals surface area contributed by atoms with Crippen molar-refractivity contribution < 1.29 is 9.53 Å². The lowest BCUT2D eigenvalue weighted by Crippen LogP contribution is -2.19. The summed E-state index contributed by atoms with van der Waals surface area (Å²) in [5.41, 5.74) is 1.40. The molecule has 0 atom stereocenters. The van der Waals surface area contributed by atoms with Gasteiger partial charge in [0.25, 0.3) is 0 Å². The Bertz CT molecular complexity index is 965. The molecule has 0 spiro atoms. The molecule has 2 amide bonds. The van der Waals surface area contributed by atoms with Gasteiger partial charge in [-0.25, -0.2) is 4.79 Å². The zero-order valence-corrected chi connectivity index (χ0v) is 17.4. The zero-order valence-electron chi connectivity index (χ0n) is 15.0. The lowest BCUT2D eigenvalue weighted by molar-refractivity contribution is 0.262. The molecule has 0 saturated carbocycles. The number of hydrogen-bond donors (Lipinski definition) is 2. The van der Waals surface area contributed by atoms with Crippen LogP contribution in [0, 0.1) is 0 Å². The Hall–Kier alpha value is -2.35. The molecule has 28 heavy (non-hydrogen) atoms. The number of amides is 2. The molecule has 9 heteroatoms. The quantitative estimate of drug-likeness (QED) is 0.423. The maximum Gasteiger partial charge on any atom is 0.325 e. The molecule has 146 valence electrons. The van der Waals surface area contributed by atoms with Gasteiger partial charge in [0, 0.05) is 11.3 Å². The number of aromatic nitrogens is 2. The van der Waals surface area contributed by atoms with Crippen LogP contribution < -0.4 is 15.4 Å². The number of rotatable bonds is 7. The Morgan fingerprint density at radius 2 is 1.96 bits per heavy atom. The topological polar surface area (TPSA) is 76.1 Å². The van der Waals surface area contributed by atoms with Crippen LogP contribution in [-0.4, -0.2) is 22.8 Å². The lowest BCUT2D eigenvalue weighted by atomic mass is 10.2. The van der Waals surface area contributed by atoms with Gasteiger partial charge in [-0.05, 0) is 36.8 Å². The summed E-state index contributed by atoms with van der Waals surface area (Å²) in [6.45, 7) is 2.80. The average Bonchev–Trinajstić information content (AvgIpc) is 3.13. The fourth-order valence-electron chi connectivity index (χ4n) is 2.28. The number of carbonyl (C=O) groups is 1. The average molecular weight is 437 g/mol. The predicted molar refractivity (Wildman–Crippen MR) is 115 cm³/mol. The molecule has 0 bridgehead atoms. The normalized spacial score (nSPS) is 10.5. The first-order chi connectivity index (χ1) is 13.5. The summed E-state index contributed by atoms with van der Waals surface area (Å²) in [7, 11) is 0. The van der Waals surface area contributed by atoms with E-state index in [-0.39, 0.29) is 0 Å². The maximum absolute atomic E-state index is 12.1. The first kappa shape index (κ1) is 20.4. The molecule has 3 rings (SSSR count). The van der Waals surface area contributed by atoms with Crippen LogP contribution in [-0.2, 0) is 0 Å². The van der Waals surface area contributed by atoms with Gasteiger partial charge in [-0.2, -0.15) is 0 Å². The van der Waals surface area contributed by atoms with E-state index in [1.54, 1.807) is 18.2 Å². The fourth-order valence-corrected chi connectivity index (χ4v) is 3.31. The number of carbonyl (C=O) groups excluding carboxylic acids is 1. The summed E-state index contributed by atoms with van der Waals surface area (Å²) < 4.78 is 5.72. The van der Waals surface area contributed by atoms with Gasteiger partial charge in [-0.15, -0.1) is 10.2 Å². The van der Waals surface area contributed by atoms with Gasteiger partial charge < -0.3 is 10.1 Å². The standard InChI is InChI=1S/C19H18Cl2N4O2S/c1-2-3-9-27-14-6-4-5-12(10-14)17-24-25-19(28-17)23-18(26)22-13-7-8-15(20)16(21)11-13/h4-8,10-11H,2-3,9H2,1H3,(H2,22,23,25,26). The van der Waals surface area contributed by atoms with E-state index < -0.39 is 6.03 Å². The minimum Gasteiger partial charge on any atom is -0.494 e. The van der Waals surface area contributed by atoms with Crippen molar-refractivity contribution in [1.29, 1.82) is 0 Å². The molecular formula is C19H18Cl2N4O2S. The van der Waals surface area contributed by atoms with E-state index in [2.05, 4.69) is 27.8 Å². The van der Waals surface area contributed by atoms with Crippen LogP contribution in [0.1, 0.15) is 19.8 Å². The monoisotopic (exact) mass is 436 g/mol. The zero-order chi connectivity index (χ0) is 19.9. The maximum atomic E-state index is 12.1. The molecule has 1 heterocycles. The van der Waals surface area contributed by atoms with Crippen LogP contribution in [0.15, 0.2) is 42.5 Å². The Morgan fingerprint density at radius 1 is 1.11 bits per heavy atom. The van der Waals surface area contributed by atoms with Crippen LogP contribution in [0.4, 0.5) is 15.6 Å². The third-order valence-corrected chi connectivity index (χ3v) is 5.30. The van der Waals surface area contributed by atoms with E-state index in [4.69, 9.17) is 27.9 Å². The van der Waals surface area contributed by atoms with E-state index in [0.29, 0.717) is 32.5 Å². The second kappa shape index (κ2) is 9.73. The molecule has 2 N–H and O–H groups in total. The second-order valence-corrected chi connectivity index (χ2v) is 7.64. The molecule has 0 saturated heterocycles. The third kappa shape index (κ3) is 5.58. The molecule has 0 aliphatic heterocycles. The van der Waals surface area contributed by atoms with Crippen LogP contribution >= 0.6 is 34.5 Å². The van der Waals surface area contributed by atoms with Crippen LogP contribution in [0.5, 0.6) is 5.75 Å². The molecule has 6 nitrogen and oxygen atoms in total. The van der Waals surface area contributed by atoms with E-state index in [1.165, 1.54) is 11.3 Å². The third-order valence-electron chi connectivity index (χ3n) is 3.67. The Morgan fingerprint density at radius 3 is 2.75 bits per heavy atom. The number of unbranched alkanes of at least 4 members (excludes halogenated alkanes) is 1. The summed E-state index contributed by atoms with van der Waals surface area (Å²) >= 11 is 13.1. The number of hydrogen-bond acceptors (Lipinski definition) is 5. The highest BCUT2D eigenvalue weighted by Gasteiger charge is 2.11. The summed E-state index contributed by atoms with van der Waals surface area (Å²) in [6.07, 6.45) is 2.08. The number of benzene rings is 2. The van der Waals surface area contributed by atoms with E-state index >= 15 is 0 Å². The van der Waals surface area contributed by atoms with Crippen LogP contribution in [0.2, 0.25) is 10.0 Å². The minimum atomic E-state index is -0.447. The molecule has 0 fully saturated rings. The van der Waals surface area contributed by atoms with Crippen molar-refractivity contribution in [3.8, 4) is 16.3 Å². The lowest BCUT2D eigenvalue weighted by Gasteiger charge is -2.06. The number of anilines is 2. The second-order valence-electron chi connectivity index (χ2n) is 5.85. The van der Waals surface area contributed by atoms with Gasteiger partial charge in [0.05, 0.1) is 16.7 Å². The van der Waals surface area contributed by atoms with Crippen molar-refractivity contribution >= 4 is 51.4 Å². The van der Waals surface area contributed by atoms with Gasteiger partial charge in [0.2, 0.25) is 5.13 Å². The summed E-state index contributed by atoms with van der Waals surface area (Å²) in [4.78, 5) is 12.1. The van der Waals surface area contributed by atoms with Crippen LogP contribution in [0.3, 0.4) is 0 Å².